The van der Waals surface area contributed by atoms with E-state index in [0.717, 1.165) is 58.2 Å². The van der Waals surface area contributed by atoms with E-state index in [9.17, 15) is 4.79 Å². The summed E-state index contributed by atoms with van der Waals surface area (Å²) in [7, 11) is 0. The van der Waals surface area contributed by atoms with Gasteiger partial charge >= 0.3 is 0 Å². The Hall–Kier alpha value is -1.66. The first-order chi connectivity index (χ1) is 11.7. The molecule has 1 unspecified atom stereocenters. The number of pyridine rings is 1. The molecule has 1 aromatic heterocycles. The van der Waals surface area contributed by atoms with Gasteiger partial charge in [0.25, 0.3) is 5.91 Å². The number of carbonyl (C=O) groups is 1. The lowest BCUT2D eigenvalue weighted by atomic mass is 10.00. The van der Waals surface area contributed by atoms with E-state index >= 15 is 0 Å². The molecule has 1 aromatic rings. The maximum absolute atomic E-state index is 12.6. The fraction of sp³-hybridized carbons (Fsp3) is 0.667. The number of hydrogen-bond donors (Lipinski definition) is 1. The molecule has 0 aliphatic carbocycles. The van der Waals surface area contributed by atoms with Crippen molar-refractivity contribution in [1.82, 2.24) is 15.2 Å². The highest BCUT2D eigenvalue weighted by atomic mass is 16.5. The van der Waals surface area contributed by atoms with Gasteiger partial charge in [-0.3, -0.25) is 9.69 Å². The number of piperidine rings is 1. The van der Waals surface area contributed by atoms with Crippen LogP contribution in [-0.4, -0.2) is 68.3 Å². The molecule has 0 radical (unpaired) electrons. The summed E-state index contributed by atoms with van der Waals surface area (Å²) in [5.41, 5.74) is 0.688. The van der Waals surface area contributed by atoms with Crippen LogP contribution in [0.25, 0.3) is 0 Å². The number of nitrogens with one attached hydrogen (secondary N) is 1. The standard InChI is InChI=1S/C18H28N4O2/c1-15-4-3-8-22(14-15)17-16(5-2-6-19-17)18(23)20-7-9-21-10-12-24-13-11-21/h2,5-6,15H,3-4,7-14H2,1H3,(H,20,23). The smallest absolute Gasteiger partial charge is 0.255 e. The normalized spacial score (nSPS) is 22.4. The lowest BCUT2D eigenvalue weighted by molar-refractivity contribution is 0.0383. The first-order valence-electron chi connectivity index (χ1n) is 9.02. The molecule has 1 N–H and O–H groups in total. The summed E-state index contributed by atoms with van der Waals surface area (Å²) in [4.78, 5) is 21.7. The minimum Gasteiger partial charge on any atom is -0.379 e. The Bertz CT molecular complexity index is 546. The van der Waals surface area contributed by atoms with Crippen molar-refractivity contribution >= 4 is 11.7 Å². The molecule has 2 fully saturated rings. The molecule has 6 nitrogen and oxygen atoms in total. The molecule has 1 atom stereocenters. The van der Waals surface area contributed by atoms with E-state index < -0.39 is 0 Å². The molecule has 6 heteroatoms. The van der Waals surface area contributed by atoms with Gasteiger partial charge < -0.3 is 15.0 Å². The molecule has 2 aliphatic heterocycles. The molecule has 132 valence electrons. The van der Waals surface area contributed by atoms with Gasteiger partial charge in [0, 0.05) is 45.5 Å². The highest BCUT2D eigenvalue weighted by Crippen LogP contribution is 2.24. The van der Waals surface area contributed by atoms with Crippen LogP contribution in [0, 0.1) is 5.92 Å². The number of amides is 1. The van der Waals surface area contributed by atoms with Crippen LogP contribution in [-0.2, 0) is 4.74 Å². The van der Waals surface area contributed by atoms with Gasteiger partial charge in [0.1, 0.15) is 5.82 Å². The number of hydrogen-bond acceptors (Lipinski definition) is 5. The largest absolute Gasteiger partial charge is 0.379 e. The van der Waals surface area contributed by atoms with Crippen LogP contribution >= 0.6 is 0 Å². The molecule has 3 heterocycles. The average Bonchev–Trinajstić information content (AvgIpc) is 2.62. The van der Waals surface area contributed by atoms with Crippen LogP contribution in [0.1, 0.15) is 30.1 Å². The Kier molecular flexibility index (Phi) is 6.04. The van der Waals surface area contributed by atoms with Gasteiger partial charge in [-0.25, -0.2) is 4.98 Å². The number of anilines is 1. The summed E-state index contributed by atoms with van der Waals surface area (Å²) in [5, 5.41) is 3.05. The van der Waals surface area contributed by atoms with E-state index in [1.165, 1.54) is 6.42 Å². The average molecular weight is 332 g/mol. The Morgan fingerprint density at radius 3 is 3.00 bits per heavy atom. The summed E-state index contributed by atoms with van der Waals surface area (Å²) < 4.78 is 5.35. The first kappa shape index (κ1) is 17.2. The monoisotopic (exact) mass is 332 g/mol. The Labute approximate surface area is 144 Å². The van der Waals surface area contributed by atoms with Crippen LogP contribution in [0.5, 0.6) is 0 Å². The van der Waals surface area contributed by atoms with Gasteiger partial charge in [-0.15, -0.1) is 0 Å². The van der Waals surface area contributed by atoms with E-state index in [0.29, 0.717) is 18.0 Å². The van der Waals surface area contributed by atoms with E-state index in [-0.39, 0.29) is 5.91 Å². The lowest BCUT2D eigenvalue weighted by Gasteiger charge is -2.32. The van der Waals surface area contributed by atoms with Gasteiger partial charge in [0.2, 0.25) is 0 Å². The number of ether oxygens (including phenoxy) is 1. The molecule has 0 saturated carbocycles. The van der Waals surface area contributed by atoms with Crippen molar-refractivity contribution in [2.24, 2.45) is 5.92 Å². The zero-order valence-electron chi connectivity index (χ0n) is 14.5. The van der Waals surface area contributed by atoms with Crippen molar-refractivity contribution in [1.29, 1.82) is 0 Å². The summed E-state index contributed by atoms with van der Waals surface area (Å²) >= 11 is 0. The molecule has 1 amide bonds. The second kappa shape index (κ2) is 8.44. The Balaban J connectivity index is 1.58. The third kappa shape index (κ3) is 4.45. The molecule has 2 aliphatic rings. The Morgan fingerprint density at radius 2 is 2.21 bits per heavy atom. The number of carbonyl (C=O) groups excluding carboxylic acids is 1. The minimum absolute atomic E-state index is 0.0235. The van der Waals surface area contributed by atoms with Gasteiger partial charge in [0.05, 0.1) is 18.8 Å². The summed E-state index contributed by atoms with van der Waals surface area (Å²) in [6.45, 7) is 9.20. The van der Waals surface area contributed by atoms with Crippen molar-refractivity contribution < 1.29 is 9.53 Å². The van der Waals surface area contributed by atoms with Crippen LogP contribution in [0.3, 0.4) is 0 Å². The van der Waals surface area contributed by atoms with Crippen LogP contribution < -0.4 is 10.2 Å². The topological polar surface area (TPSA) is 57.7 Å². The maximum atomic E-state index is 12.6. The van der Waals surface area contributed by atoms with Crippen LogP contribution in [0.2, 0.25) is 0 Å². The van der Waals surface area contributed by atoms with Crippen LogP contribution in [0.4, 0.5) is 5.82 Å². The van der Waals surface area contributed by atoms with Crippen molar-refractivity contribution in [3.63, 3.8) is 0 Å². The highest BCUT2D eigenvalue weighted by Gasteiger charge is 2.22. The highest BCUT2D eigenvalue weighted by molar-refractivity contribution is 5.98. The molecule has 0 aromatic carbocycles. The molecule has 24 heavy (non-hydrogen) atoms. The van der Waals surface area contributed by atoms with Crippen molar-refractivity contribution in [3.05, 3.63) is 23.9 Å². The summed E-state index contributed by atoms with van der Waals surface area (Å²) in [6, 6.07) is 3.72. The molecular formula is C18H28N4O2. The van der Waals surface area contributed by atoms with E-state index in [4.69, 9.17) is 4.74 Å². The lowest BCUT2D eigenvalue weighted by Crippen LogP contribution is -2.42. The molecule has 3 rings (SSSR count). The van der Waals surface area contributed by atoms with E-state index in [1.807, 2.05) is 12.1 Å². The molecular weight excluding hydrogens is 304 g/mol. The molecule has 0 spiro atoms. The first-order valence-corrected chi connectivity index (χ1v) is 9.02. The SMILES string of the molecule is CC1CCCN(c2ncccc2C(=O)NCCN2CCOCC2)C1. The van der Waals surface area contributed by atoms with Crippen molar-refractivity contribution in [3.8, 4) is 0 Å². The predicted octanol–water partition coefficient (Wildman–Crippen LogP) is 1.38. The second-order valence-electron chi connectivity index (χ2n) is 6.78. The quantitative estimate of drug-likeness (QED) is 0.883. The minimum atomic E-state index is -0.0235. The van der Waals surface area contributed by atoms with Gasteiger partial charge in [-0.2, -0.15) is 0 Å². The third-order valence-corrected chi connectivity index (χ3v) is 4.81. The van der Waals surface area contributed by atoms with Crippen molar-refractivity contribution in [2.75, 3.05) is 57.4 Å². The van der Waals surface area contributed by atoms with Crippen molar-refractivity contribution in [2.45, 2.75) is 19.8 Å². The number of rotatable bonds is 5. The molecule has 2 saturated heterocycles. The third-order valence-electron chi connectivity index (χ3n) is 4.81. The summed E-state index contributed by atoms with van der Waals surface area (Å²) in [5.74, 6) is 1.45. The van der Waals surface area contributed by atoms with Crippen LogP contribution in [0.15, 0.2) is 18.3 Å². The second-order valence-corrected chi connectivity index (χ2v) is 6.78. The fourth-order valence-electron chi connectivity index (χ4n) is 3.46. The number of nitrogens with zero attached hydrogens (tertiary/aromatic N) is 3. The van der Waals surface area contributed by atoms with E-state index in [2.05, 4.69) is 27.0 Å². The van der Waals surface area contributed by atoms with Gasteiger partial charge in [-0.1, -0.05) is 6.92 Å². The number of aromatic nitrogens is 1. The fourth-order valence-corrected chi connectivity index (χ4v) is 3.46. The summed E-state index contributed by atoms with van der Waals surface area (Å²) in [6.07, 6.45) is 4.19. The zero-order valence-corrected chi connectivity index (χ0v) is 14.5. The van der Waals surface area contributed by atoms with E-state index in [1.54, 1.807) is 6.20 Å². The Morgan fingerprint density at radius 1 is 1.38 bits per heavy atom. The zero-order chi connectivity index (χ0) is 16.8. The number of morpholine rings is 1. The maximum Gasteiger partial charge on any atom is 0.255 e. The van der Waals surface area contributed by atoms with Gasteiger partial charge in [0.15, 0.2) is 0 Å². The predicted molar refractivity (Wildman–Crippen MR) is 94.4 cm³/mol. The molecule has 0 bridgehead atoms. The van der Waals surface area contributed by atoms with Gasteiger partial charge in [-0.05, 0) is 30.9 Å².